The quantitative estimate of drug-likeness (QED) is 0.115. The van der Waals surface area contributed by atoms with Crippen LogP contribution in [0.25, 0.3) is 0 Å². The van der Waals surface area contributed by atoms with E-state index in [4.69, 9.17) is 72.0 Å². The molecule has 410 valence electrons. The van der Waals surface area contributed by atoms with Crippen molar-refractivity contribution in [2.75, 3.05) is 46.2 Å². The predicted octanol–water partition coefficient (Wildman–Crippen LogP) is 8.94. The average Bonchev–Trinajstić information content (AvgIpc) is 3.85. The molecule has 16 heteroatoms. The van der Waals surface area contributed by atoms with E-state index >= 15 is 0 Å². The van der Waals surface area contributed by atoms with E-state index in [9.17, 15) is 5.11 Å². The molecule has 72 heavy (non-hydrogen) atoms. The van der Waals surface area contributed by atoms with E-state index in [1.165, 1.54) is 0 Å². The van der Waals surface area contributed by atoms with Crippen molar-refractivity contribution in [1.29, 1.82) is 0 Å². The molecule has 1 N–H and O–H groups in total. The Hall–Kier alpha value is -0.640. The van der Waals surface area contributed by atoms with Crippen LogP contribution in [0.5, 0.6) is 0 Å². The Morgan fingerprint density at radius 3 is 1.01 bits per heavy atom. The number of hydrogen-bond acceptors (Lipinski definition) is 16. The van der Waals surface area contributed by atoms with Gasteiger partial charge in [-0.25, -0.2) is 29.3 Å². The number of rotatable bonds is 16. The van der Waals surface area contributed by atoms with E-state index in [1.807, 2.05) is 20.8 Å². The molecular formula is C56H90O16. The predicted molar refractivity (Wildman–Crippen MR) is 256 cm³/mol. The molecule has 16 nitrogen and oxygen atoms in total. The van der Waals surface area contributed by atoms with E-state index < -0.39 is 58.4 Å². The standard InChI is InChI=1S/C56H90O16/c1-32-10-13-41-35(4)44(61-47-54(41)38(32)16-22-50(7,64-47)67-70-54)19-25-58-29-53(28-57,30-59-26-20-45-36(5)42-14-11-33(2)39-17-23-51(8)65-48(62-45)55(39,42)71-68-51)31-60-27-21-46-37(6)43-15-12-34(3)40-18-24-52(9)66-49(63-46)56(40,43)72-69-52/h32-49,57H,10-31H2,1-9H3/t32-,33-,34-,35-,36-,37-,38+,39+,40+,41+,42+,43+,44?,45?,46?,47-,48-,49-,50+,51+,52+,53?,54-,55-,56-/m1/s1. The van der Waals surface area contributed by atoms with Crippen LogP contribution in [-0.4, -0.2) is 123 Å². The summed E-state index contributed by atoms with van der Waals surface area (Å²) in [5, 5.41) is 11.4. The Labute approximate surface area is 428 Å². The minimum Gasteiger partial charge on any atom is -0.396 e. The van der Waals surface area contributed by atoms with Crippen molar-refractivity contribution in [3.05, 3.63) is 0 Å². The van der Waals surface area contributed by atoms with E-state index in [0.717, 1.165) is 77.0 Å². The van der Waals surface area contributed by atoms with Gasteiger partial charge in [0.15, 0.2) is 35.7 Å². The van der Waals surface area contributed by atoms with Gasteiger partial charge in [-0.1, -0.05) is 41.5 Å². The molecule has 24 atom stereocenters. The van der Waals surface area contributed by atoms with Crippen LogP contribution >= 0.6 is 0 Å². The minimum atomic E-state index is -0.823. The summed E-state index contributed by atoms with van der Waals surface area (Å²) in [7, 11) is 0. The van der Waals surface area contributed by atoms with Gasteiger partial charge in [0.2, 0.25) is 17.4 Å². The van der Waals surface area contributed by atoms with Crippen LogP contribution in [0.1, 0.15) is 159 Å². The molecule has 0 amide bonds. The maximum Gasteiger partial charge on any atom is 0.201 e. The Kier molecular flexibility index (Phi) is 14.0. The Morgan fingerprint density at radius 1 is 0.417 bits per heavy atom. The third kappa shape index (κ3) is 8.32. The molecule has 3 saturated carbocycles. The topological polar surface area (TPSA) is 159 Å². The lowest BCUT2D eigenvalue weighted by Crippen LogP contribution is -2.70. The smallest absolute Gasteiger partial charge is 0.201 e. The lowest BCUT2D eigenvalue weighted by molar-refractivity contribution is -0.571. The second kappa shape index (κ2) is 19.3. The first-order valence-electron chi connectivity index (χ1n) is 28.9. The summed E-state index contributed by atoms with van der Waals surface area (Å²) in [4.78, 5) is 37.5. The molecule has 3 spiro atoms. The highest BCUT2D eigenvalue weighted by Crippen LogP contribution is 2.64. The van der Waals surface area contributed by atoms with Gasteiger partial charge in [-0.05, 0) is 151 Å². The van der Waals surface area contributed by atoms with Gasteiger partial charge in [0.1, 0.15) is 0 Å². The fourth-order valence-corrected chi connectivity index (χ4v) is 17.7. The fraction of sp³-hybridized carbons (Fsp3) is 1.00. The van der Waals surface area contributed by atoms with Crippen LogP contribution < -0.4 is 0 Å². The van der Waals surface area contributed by atoms with Gasteiger partial charge in [0.25, 0.3) is 0 Å². The van der Waals surface area contributed by atoms with Crippen LogP contribution in [0.3, 0.4) is 0 Å². The second-order valence-electron chi connectivity index (χ2n) is 26.5. The number of fused-ring (bicyclic) bond motifs is 6. The van der Waals surface area contributed by atoms with Gasteiger partial charge in [-0.3, -0.25) is 0 Å². The summed E-state index contributed by atoms with van der Waals surface area (Å²) >= 11 is 0. The SMILES string of the molecule is C[C@@H]1CC[C@H]2[C@@H](C)C(CCOCC(CO)(COCCC3O[C@@H]4O[C@]5(C)CC[C@H]6[C@H](C)CC[C@@H]([C@H]3C)[C@@]46OO5)COCCC3O[C@@H]4O[C@]5(C)CC[C@H]6[C@H](C)CC[C@@H]([C@H]3C)[C@@]46OO5)O[C@@H]3O[C@]4(C)CC[C@@H]1[C@]32OO4. The van der Waals surface area contributed by atoms with Gasteiger partial charge in [0, 0.05) is 56.8 Å². The molecule has 15 fully saturated rings. The number of aliphatic hydroxyl groups excluding tert-OH is 1. The van der Waals surface area contributed by atoms with Crippen LogP contribution in [0.2, 0.25) is 0 Å². The van der Waals surface area contributed by atoms with Crippen molar-refractivity contribution in [3.8, 4) is 0 Å². The first kappa shape index (κ1) is 52.1. The van der Waals surface area contributed by atoms with Crippen molar-refractivity contribution >= 4 is 0 Å². The van der Waals surface area contributed by atoms with Crippen LogP contribution in [0.4, 0.5) is 0 Å². The van der Waals surface area contributed by atoms with Gasteiger partial charge in [-0.2, -0.15) is 0 Å². The molecule has 12 saturated heterocycles. The Bertz CT molecular complexity index is 1720. The van der Waals surface area contributed by atoms with E-state index in [-0.39, 0.29) is 80.2 Å². The molecule has 15 aliphatic rings. The van der Waals surface area contributed by atoms with Gasteiger partial charge < -0.3 is 47.7 Å². The van der Waals surface area contributed by atoms with E-state index in [2.05, 4.69) is 41.5 Å². The van der Waals surface area contributed by atoms with Crippen molar-refractivity contribution in [2.45, 2.75) is 230 Å². The third-order valence-electron chi connectivity index (χ3n) is 22.1. The summed E-state index contributed by atoms with van der Waals surface area (Å²) in [6.45, 7) is 21.8. The third-order valence-corrected chi connectivity index (χ3v) is 22.1. The molecule has 15 rings (SSSR count). The summed E-state index contributed by atoms with van der Waals surface area (Å²) < 4.78 is 60.6. The molecule has 3 aliphatic carbocycles. The molecule has 12 aliphatic heterocycles. The normalized spacial score (nSPS) is 54.9. The van der Waals surface area contributed by atoms with Gasteiger partial charge in [0.05, 0.1) is 50.2 Å². The number of hydrogen-bond donors (Lipinski definition) is 1. The van der Waals surface area contributed by atoms with Crippen molar-refractivity contribution < 1.29 is 77.1 Å². The van der Waals surface area contributed by atoms with Gasteiger partial charge >= 0.3 is 0 Å². The van der Waals surface area contributed by atoms with Gasteiger partial charge in [-0.15, -0.1) is 0 Å². The largest absolute Gasteiger partial charge is 0.396 e. The Balaban J connectivity index is 0.705. The van der Waals surface area contributed by atoms with Crippen LogP contribution in [-0.2, 0) is 72.0 Å². The molecule has 3 unspecified atom stereocenters. The lowest BCUT2D eigenvalue weighted by Gasteiger charge is -2.60. The second-order valence-corrected chi connectivity index (χ2v) is 26.5. The van der Waals surface area contributed by atoms with Crippen molar-refractivity contribution in [1.82, 2.24) is 0 Å². The number of ether oxygens (including phenoxy) is 9. The first-order chi connectivity index (χ1) is 34.5. The summed E-state index contributed by atoms with van der Waals surface area (Å²) in [6, 6.07) is 0. The monoisotopic (exact) mass is 1020 g/mol. The highest BCUT2D eigenvalue weighted by atomic mass is 17.3. The van der Waals surface area contributed by atoms with Crippen molar-refractivity contribution in [2.24, 2.45) is 76.4 Å². The van der Waals surface area contributed by atoms with E-state index in [1.54, 1.807) is 0 Å². The zero-order valence-electron chi connectivity index (χ0n) is 45.0. The molecule has 0 radical (unpaired) electrons. The molecule has 12 heterocycles. The average molecular weight is 1020 g/mol. The van der Waals surface area contributed by atoms with Crippen LogP contribution in [0.15, 0.2) is 0 Å². The zero-order chi connectivity index (χ0) is 50.1. The molecule has 0 aromatic rings. The number of aliphatic hydroxyl groups is 1. The highest BCUT2D eigenvalue weighted by molar-refractivity contribution is 5.13. The van der Waals surface area contributed by atoms with Crippen LogP contribution in [0, 0.1) is 76.4 Å². The Morgan fingerprint density at radius 2 is 0.722 bits per heavy atom. The summed E-state index contributed by atoms with van der Waals surface area (Å²) in [6.07, 6.45) is 12.3. The maximum absolute atomic E-state index is 11.4. The molecule has 0 aromatic heterocycles. The molecule has 0 aromatic carbocycles. The maximum atomic E-state index is 11.4. The highest BCUT2D eigenvalue weighted by Gasteiger charge is 2.72. The fourth-order valence-electron chi connectivity index (χ4n) is 17.7. The molecule has 6 bridgehead atoms. The molecular weight excluding hydrogens is 929 g/mol. The van der Waals surface area contributed by atoms with Crippen molar-refractivity contribution in [3.63, 3.8) is 0 Å². The van der Waals surface area contributed by atoms with E-state index in [0.29, 0.717) is 74.6 Å². The summed E-state index contributed by atoms with van der Waals surface area (Å²) in [5.41, 5.74) is -2.63. The summed E-state index contributed by atoms with van der Waals surface area (Å²) in [5.74, 6) is 1.39. The lowest BCUT2D eigenvalue weighted by atomic mass is 9.57. The minimum absolute atomic E-state index is 0.0831. The zero-order valence-corrected chi connectivity index (χ0v) is 45.0. The first-order valence-corrected chi connectivity index (χ1v) is 28.9.